The van der Waals surface area contributed by atoms with E-state index in [9.17, 15) is 19.5 Å². The number of hydrogen-bond donors (Lipinski definition) is 2. The lowest BCUT2D eigenvalue weighted by atomic mass is 9.92. The van der Waals surface area contributed by atoms with Crippen LogP contribution in [0.5, 0.6) is 0 Å². The fraction of sp³-hybridized carbons (Fsp3) is 0.382. The Bertz CT molecular complexity index is 1510. The average Bonchev–Trinajstić information content (AvgIpc) is 3.60. The van der Waals surface area contributed by atoms with Gasteiger partial charge in [0.15, 0.2) is 0 Å². The van der Waals surface area contributed by atoms with Crippen molar-refractivity contribution < 1.29 is 19.5 Å². The quantitative estimate of drug-likeness (QED) is 0.322. The van der Waals surface area contributed by atoms with Crippen LogP contribution in [0.1, 0.15) is 59.3 Å². The summed E-state index contributed by atoms with van der Waals surface area (Å²) < 4.78 is 0. The van der Waals surface area contributed by atoms with Crippen molar-refractivity contribution in [3.05, 3.63) is 100 Å². The molecule has 0 spiro atoms. The van der Waals surface area contributed by atoms with E-state index in [1.165, 1.54) is 21.0 Å². The molecule has 230 valence electrons. The van der Waals surface area contributed by atoms with Gasteiger partial charge in [-0.25, -0.2) is 5.84 Å². The molecule has 0 bridgehead atoms. The minimum atomic E-state index is -0.824. The highest BCUT2D eigenvalue weighted by Crippen LogP contribution is 2.40. The van der Waals surface area contributed by atoms with Crippen LogP contribution < -0.4 is 10.9 Å². The predicted octanol–water partition coefficient (Wildman–Crippen LogP) is 3.60. The van der Waals surface area contributed by atoms with Crippen LogP contribution in [0.4, 0.5) is 5.69 Å². The number of amides is 2. The first-order valence-electron chi connectivity index (χ1n) is 15.2. The van der Waals surface area contributed by atoms with Gasteiger partial charge in [0.2, 0.25) is 5.78 Å². The third-order valence-corrected chi connectivity index (χ3v) is 9.56. The number of nitrogens with two attached hydrogens (primary N) is 1. The van der Waals surface area contributed by atoms with Crippen LogP contribution in [0.15, 0.2) is 72.8 Å². The maximum absolute atomic E-state index is 14.1. The molecule has 3 N–H and O–H groups in total. The van der Waals surface area contributed by atoms with Crippen molar-refractivity contribution in [3.63, 3.8) is 0 Å². The summed E-state index contributed by atoms with van der Waals surface area (Å²) >= 11 is 6.69. The number of nitrogens with zero attached hydrogens (tertiary/aromatic N) is 4. The fourth-order valence-electron chi connectivity index (χ4n) is 6.92. The molecule has 44 heavy (non-hydrogen) atoms. The van der Waals surface area contributed by atoms with E-state index in [1.54, 1.807) is 12.1 Å². The topological polar surface area (TPSA) is 110 Å². The number of piperazine rings is 1. The second-order valence-corrected chi connectivity index (χ2v) is 12.6. The smallest absolute Gasteiger partial charge is 0.290 e. The average molecular weight is 616 g/mol. The molecule has 3 aliphatic rings. The number of aliphatic hydroxyl groups excluding tert-OH is 1. The number of aliphatic hydroxyl groups is 1. The summed E-state index contributed by atoms with van der Waals surface area (Å²) in [4.78, 5) is 46.2. The number of likely N-dealkylation sites (tertiary alicyclic amines) is 1. The van der Waals surface area contributed by atoms with E-state index in [-0.39, 0.29) is 47.7 Å². The lowest BCUT2D eigenvalue weighted by Gasteiger charge is -2.47. The van der Waals surface area contributed by atoms with Gasteiger partial charge < -0.3 is 19.9 Å². The lowest BCUT2D eigenvalue weighted by molar-refractivity contribution is -0.144. The Kier molecular flexibility index (Phi) is 8.48. The van der Waals surface area contributed by atoms with Gasteiger partial charge in [-0.05, 0) is 49.1 Å². The molecule has 0 aromatic heterocycles. The van der Waals surface area contributed by atoms with E-state index in [2.05, 4.69) is 60.4 Å². The van der Waals surface area contributed by atoms with Crippen LogP contribution in [-0.2, 0) is 9.59 Å². The summed E-state index contributed by atoms with van der Waals surface area (Å²) in [5.41, 5.74) is 3.72. The van der Waals surface area contributed by atoms with E-state index >= 15 is 0 Å². The first-order chi connectivity index (χ1) is 21.1. The zero-order valence-electron chi connectivity index (χ0n) is 25.0. The van der Waals surface area contributed by atoms with Crippen LogP contribution in [-0.4, -0.2) is 88.3 Å². The van der Waals surface area contributed by atoms with E-state index in [0.717, 1.165) is 0 Å². The van der Waals surface area contributed by atoms with E-state index in [4.69, 9.17) is 17.4 Å². The van der Waals surface area contributed by atoms with Crippen LogP contribution >= 0.6 is 11.6 Å². The van der Waals surface area contributed by atoms with E-state index in [0.29, 0.717) is 37.3 Å². The van der Waals surface area contributed by atoms with Crippen molar-refractivity contribution in [2.45, 2.75) is 50.4 Å². The minimum Gasteiger partial charge on any atom is -0.391 e. The van der Waals surface area contributed by atoms with E-state index in [1.807, 2.05) is 24.0 Å². The number of carbonyl (C=O) groups is 3. The number of rotatable bonds is 6. The molecule has 3 heterocycles. The molecule has 2 fully saturated rings. The number of halogens is 1. The largest absolute Gasteiger partial charge is 0.391 e. The Morgan fingerprint density at radius 2 is 1.52 bits per heavy atom. The molecule has 3 aromatic rings. The van der Waals surface area contributed by atoms with Gasteiger partial charge in [0.1, 0.15) is 0 Å². The molecule has 0 radical (unpaired) electrons. The van der Waals surface area contributed by atoms with Crippen molar-refractivity contribution in [1.29, 1.82) is 0 Å². The molecule has 0 aliphatic carbocycles. The highest BCUT2D eigenvalue weighted by Gasteiger charge is 2.42. The lowest BCUT2D eigenvalue weighted by Crippen LogP contribution is -2.58. The van der Waals surface area contributed by atoms with Crippen LogP contribution in [0.25, 0.3) is 0 Å². The Morgan fingerprint density at radius 3 is 2.11 bits per heavy atom. The highest BCUT2D eigenvalue weighted by molar-refractivity contribution is 6.39. The SMILES string of the molecule is C[C@@H]1CN(C(c2ccccc2)c2ccccc2)[C@@H](C)CN1C(=O)c1cc2c(cc1Cl)N(N)CC2C(=O)C(=O)N1CC[C@@H](O)C1. The molecule has 10 heteroatoms. The summed E-state index contributed by atoms with van der Waals surface area (Å²) in [5.74, 6) is 3.94. The maximum Gasteiger partial charge on any atom is 0.290 e. The second kappa shape index (κ2) is 12.3. The number of fused-ring (bicyclic) bond motifs is 1. The monoisotopic (exact) mass is 615 g/mol. The molecule has 9 nitrogen and oxygen atoms in total. The second-order valence-electron chi connectivity index (χ2n) is 12.2. The van der Waals surface area contributed by atoms with Gasteiger partial charge in [0.05, 0.1) is 34.3 Å². The predicted molar refractivity (Wildman–Crippen MR) is 169 cm³/mol. The Labute approximate surface area is 262 Å². The summed E-state index contributed by atoms with van der Waals surface area (Å²) in [6, 6.07) is 24.0. The number of β-amino-alcohol motifs (C(OH)–C–C–N with tert-alkyl or cyclic N) is 1. The third-order valence-electron chi connectivity index (χ3n) is 9.25. The number of carbonyl (C=O) groups excluding carboxylic acids is 3. The Hall–Kier alpha value is -3.76. The van der Waals surface area contributed by atoms with Gasteiger partial charge in [0, 0.05) is 44.8 Å². The van der Waals surface area contributed by atoms with Crippen molar-refractivity contribution in [1.82, 2.24) is 14.7 Å². The van der Waals surface area contributed by atoms with E-state index < -0.39 is 23.7 Å². The molecule has 1 unspecified atom stereocenters. The molecule has 0 saturated carbocycles. The van der Waals surface area contributed by atoms with Crippen LogP contribution in [0.2, 0.25) is 5.02 Å². The fourth-order valence-corrected chi connectivity index (χ4v) is 7.16. The molecule has 4 atom stereocenters. The van der Waals surface area contributed by atoms with Crippen molar-refractivity contribution in [2.75, 3.05) is 37.7 Å². The third kappa shape index (κ3) is 5.61. The number of hydrogen-bond acceptors (Lipinski definition) is 7. The highest BCUT2D eigenvalue weighted by atomic mass is 35.5. The van der Waals surface area contributed by atoms with Crippen molar-refractivity contribution in [3.8, 4) is 0 Å². The summed E-state index contributed by atoms with van der Waals surface area (Å²) in [5, 5.41) is 11.5. The molecule has 2 saturated heterocycles. The Balaban J connectivity index is 1.25. The summed E-state index contributed by atoms with van der Waals surface area (Å²) in [6.07, 6.45) is -0.184. The first-order valence-corrected chi connectivity index (χ1v) is 15.5. The minimum absolute atomic E-state index is 0.0345. The number of ketones is 1. The standard InChI is InChI=1S/C34H38ClN5O4/c1-21-18-39(22(2)17-38(21)31(23-9-5-3-6-10-23)24-11-7-4-8-12-24)33(43)27-15-26-28(20-40(36)30(26)16-29(27)35)32(42)34(44)37-14-13-25(41)19-37/h3-12,15-16,21-22,25,28,31,41H,13-14,17-20,36H2,1-2H3/t21-,22+,25+,28?/m0/s1. The molecular formula is C34H38ClN5O4. The molecule has 2 amide bonds. The first kappa shape index (κ1) is 30.3. The normalized spacial score (nSPS) is 23.7. The number of benzene rings is 3. The zero-order chi connectivity index (χ0) is 31.1. The Morgan fingerprint density at radius 1 is 0.886 bits per heavy atom. The summed E-state index contributed by atoms with van der Waals surface area (Å²) in [6.45, 7) is 5.90. The number of anilines is 1. The summed E-state index contributed by atoms with van der Waals surface area (Å²) in [7, 11) is 0. The molecule has 6 rings (SSSR count). The number of Topliss-reactive ketones (excluding diaryl/α,β-unsaturated/α-hetero) is 1. The van der Waals surface area contributed by atoms with Gasteiger partial charge >= 0.3 is 0 Å². The maximum atomic E-state index is 14.1. The van der Waals surface area contributed by atoms with Crippen LogP contribution in [0.3, 0.4) is 0 Å². The van der Waals surface area contributed by atoms with Gasteiger partial charge in [-0.3, -0.25) is 19.3 Å². The van der Waals surface area contributed by atoms with Gasteiger partial charge in [0.25, 0.3) is 11.8 Å². The van der Waals surface area contributed by atoms with Crippen LogP contribution in [0, 0.1) is 0 Å². The molecular weight excluding hydrogens is 578 g/mol. The van der Waals surface area contributed by atoms with Crippen molar-refractivity contribution in [2.24, 2.45) is 5.84 Å². The number of hydrazine groups is 1. The molecule has 3 aliphatic heterocycles. The van der Waals surface area contributed by atoms with Gasteiger partial charge in [-0.2, -0.15) is 0 Å². The van der Waals surface area contributed by atoms with Gasteiger partial charge in [-0.15, -0.1) is 0 Å². The zero-order valence-corrected chi connectivity index (χ0v) is 25.7. The molecule has 3 aromatic carbocycles. The van der Waals surface area contributed by atoms with Gasteiger partial charge in [-0.1, -0.05) is 72.3 Å². The van der Waals surface area contributed by atoms with Crippen molar-refractivity contribution >= 4 is 34.9 Å².